The first kappa shape index (κ1) is 12.0. The van der Waals surface area contributed by atoms with E-state index < -0.39 is 0 Å². The van der Waals surface area contributed by atoms with Gasteiger partial charge in [-0.05, 0) is 59.3 Å². The summed E-state index contributed by atoms with van der Waals surface area (Å²) >= 11 is 2.31. The number of benzene rings is 1. The highest BCUT2D eigenvalue weighted by molar-refractivity contribution is 14.1. The molecule has 86 valence electrons. The van der Waals surface area contributed by atoms with E-state index in [2.05, 4.69) is 47.0 Å². The van der Waals surface area contributed by atoms with Crippen molar-refractivity contribution in [2.45, 2.75) is 13.5 Å². The first-order valence-electron chi connectivity index (χ1n) is 5.18. The lowest BCUT2D eigenvalue weighted by Gasteiger charge is -2.06. The summed E-state index contributed by atoms with van der Waals surface area (Å²) in [5, 5.41) is 11.9. The summed E-state index contributed by atoms with van der Waals surface area (Å²) in [6, 6.07) is 11.7. The highest BCUT2D eigenvalue weighted by Gasteiger charge is 2.01. The Bertz CT molecular complexity index is 569. The number of rotatable bonds is 3. The molecule has 2 rings (SSSR count). The van der Waals surface area contributed by atoms with Crippen molar-refractivity contribution in [3.8, 4) is 6.07 Å². The average Bonchev–Trinajstić information content (AvgIpc) is 2.79. The van der Waals surface area contributed by atoms with Crippen LogP contribution in [0.5, 0.6) is 0 Å². The third-order valence-corrected chi connectivity index (χ3v) is 3.57. The third kappa shape index (κ3) is 3.01. The van der Waals surface area contributed by atoms with Gasteiger partial charge < -0.3 is 9.73 Å². The van der Waals surface area contributed by atoms with Crippen molar-refractivity contribution < 1.29 is 4.42 Å². The monoisotopic (exact) mass is 338 g/mol. The van der Waals surface area contributed by atoms with E-state index in [9.17, 15) is 0 Å². The molecular formula is C13H11IN2O. The third-order valence-electron chi connectivity index (χ3n) is 2.41. The Hall–Kier alpha value is -1.48. The SMILES string of the molecule is Cc1ccc(NCc2ccc(C#N)o2)cc1I. The lowest BCUT2D eigenvalue weighted by Crippen LogP contribution is -1.98. The van der Waals surface area contributed by atoms with Crippen LogP contribution in [-0.2, 0) is 6.54 Å². The van der Waals surface area contributed by atoms with Gasteiger partial charge in [0.1, 0.15) is 11.8 Å². The predicted octanol–water partition coefficient (Wildman–Crippen LogP) is 3.68. The molecule has 1 aromatic carbocycles. The van der Waals surface area contributed by atoms with E-state index in [1.807, 2.05) is 18.2 Å². The summed E-state index contributed by atoms with van der Waals surface area (Å²) < 4.78 is 6.51. The van der Waals surface area contributed by atoms with Crippen LogP contribution in [0.25, 0.3) is 0 Å². The zero-order chi connectivity index (χ0) is 12.3. The van der Waals surface area contributed by atoms with E-state index in [1.165, 1.54) is 9.13 Å². The molecule has 0 amide bonds. The number of aryl methyl sites for hydroxylation is 1. The number of hydrogen-bond donors (Lipinski definition) is 1. The number of anilines is 1. The predicted molar refractivity (Wildman–Crippen MR) is 74.6 cm³/mol. The first-order valence-corrected chi connectivity index (χ1v) is 6.26. The summed E-state index contributed by atoms with van der Waals surface area (Å²) in [5.41, 5.74) is 2.32. The normalized spacial score (nSPS) is 9.94. The van der Waals surface area contributed by atoms with Gasteiger partial charge in [0.25, 0.3) is 0 Å². The summed E-state index contributed by atoms with van der Waals surface area (Å²) in [4.78, 5) is 0. The fourth-order valence-corrected chi connectivity index (χ4v) is 1.94. The molecule has 0 aliphatic rings. The largest absolute Gasteiger partial charge is 0.449 e. The molecule has 4 heteroatoms. The quantitative estimate of drug-likeness (QED) is 0.869. The van der Waals surface area contributed by atoms with Crippen molar-refractivity contribution >= 4 is 28.3 Å². The summed E-state index contributed by atoms with van der Waals surface area (Å²) in [7, 11) is 0. The van der Waals surface area contributed by atoms with Gasteiger partial charge in [-0.15, -0.1) is 0 Å². The van der Waals surface area contributed by atoms with Crippen molar-refractivity contribution in [1.29, 1.82) is 5.26 Å². The Labute approximate surface area is 114 Å². The molecule has 0 atom stereocenters. The smallest absolute Gasteiger partial charge is 0.203 e. The van der Waals surface area contributed by atoms with Gasteiger partial charge in [-0.3, -0.25) is 0 Å². The van der Waals surface area contributed by atoms with E-state index in [4.69, 9.17) is 9.68 Å². The van der Waals surface area contributed by atoms with E-state index in [0.717, 1.165) is 11.4 Å². The van der Waals surface area contributed by atoms with Crippen LogP contribution in [0.1, 0.15) is 17.1 Å². The molecular weight excluding hydrogens is 327 g/mol. The minimum Gasteiger partial charge on any atom is -0.449 e. The maximum Gasteiger partial charge on any atom is 0.203 e. The standard InChI is InChI=1S/C13H11IN2O/c1-9-2-3-10(6-13(9)14)16-8-12-5-4-11(7-15)17-12/h2-6,16H,8H2,1H3. The van der Waals surface area contributed by atoms with Crippen LogP contribution in [0.15, 0.2) is 34.7 Å². The molecule has 17 heavy (non-hydrogen) atoms. The molecule has 0 aliphatic heterocycles. The molecule has 0 radical (unpaired) electrons. The molecule has 2 aromatic rings. The highest BCUT2D eigenvalue weighted by Crippen LogP contribution is 2.18. The Kier molecular flexibility index (Phi) is 3.69. The fraction of sp³-hybridized carbons (Fsp3) is 0.154. The van der Waals surface area contributed by atoms with Gasteiger partial charge in [0.15, 0.2) is 0 Å². The maximum atomic E-state index is 8.64. The Morgan fingerprint density at radius 2 is 2.18 bits per heavy atom. The van der Waals surface area contributed by atoms with E-state index in [-0.39, 0.29) is 0 Å². The van der Waals surface area contributed by atoms with Gasteiger partial charge in [0.2, 0.25) is 5.76 Å². The van der Waals surface area contributed by atoms with Crippen LogP contribution in [-0.4, -0.2) is 0 Å². The van der Waals surface area contributed by atoms with E-state index in [0.29, 0.717) is 12.3 Å². The minimum atomic E-state index is 0.347. The van der Waals surface area contributed by atoms with Crippen molar-refractivity contribution in [1.82, 2.24) is 0 Å². The number of nitrogens with zero attached hydrogens (tertiary/aromatic N) is 1. The molecule has 1 N–H and O–H groups in total. The number of nitrogens with one attached hydrogen (secondary N) is 1. The van der Waals surface area contributed by atoms with Crippen LogP contribution in [0.3, 0.4) is 0 Å². The van der Waals surface area contributed by atoms with Crippen LogP contribution in [0.2, 0.25) is 0 Å². The van der Waals surface area contributed by atoms with Crippen molar-refractivity contribution in [2.75, 3.05) is 5.32 Å². The van der Waals surface area contributed by atoms with Crippen LogP contribution >= 0.6 is 22.6 Å². The lowest BCUT2D eigenvalue weighted by atomic mass is 10.2. The Morgan fingerprint density at radius 1 is 1.35 bits per heavy atom. The Morgan fingerprint density at radius 3 is 2.82 bits per heavy atom. The number of nitriles is 1. The number of furan rings is 1. The molecule has 1 heterocycles. The second-order valence-corrected chi connectivity index (χ2v) is 4.86. The first-order chi connectivity index (χ1) is 8.19. The number of halogens is 1. The summed E-state index contributed by atoms with van der Waals surface area (Å²) in [5.74, 6) is 1.11. The molecule has 0 aliphatic carbocycles. The fourth-order valence-electron chi connectivity index (χ4n) is 1.43. The van der Waals surface area contributed by atoms with Crippen molar-refractivity contribution in [3.05, 3.63) is 51.0 Å². The molecule has 0 saturated carbocycles. The summed E-state index contributed by atoms with van der Waals surface area (Å²) in [6.45, 7) is 2.66. The van der Waals surface area contributed by atoms with Crippen molar-refractivity contribution in [2.24, 2.45) is 0 Å². The van der Waals surface area contributed by atoms with Crippen LogP contribution in [0, 0.1) is 21.8 Å². The topological polar surface area (TPSA) is 49.0 Å². The van der Waals surface area contributed by atoms with E-state index >= 15 is 0 Å². The molecule has 3 nitrogen and oxygen atoms in total. The molecule has 0 fully saturated rings. The molecule has 0 spiro atoms. The molecule has 1 aromatic heterocycles. The van der Waals surface area contributed by atoms with Gasteiger partial charge >= 0.3 is 0 Å². The van der Waals surface area contributed by atoms with Gasteiger partial charge in [-0.1, -0.05) is 6.07 Å². The molecule has 0 unspecified atom stereocenters. The van der Waals surface area contributed by atoms with Crippen LogP contribution in [0.4, 0.5) is 5.69 Å². The zero-order valence-electron chi connectivity index (χ0n) is 9.33. The lowest BCUT2D eigenvalue weighted by molar-refractivity contribution is 0.506. The Balaban J connectivity index is 2.02. The molecule has 0 bridgehead atoms. The van der Waals surface area contributed by atoms with Gasteiger partial charge in [-0.25, -0.2) is 0 Å². The molecule has 0 saturated heterocycles. The zero-order valence-corrected chi connectivity index (χ0v) is 11.5. The van der Waals surface area contributed by atoms with Gasteiger partial charge in [0.05, 0.1) is 6.54 Å². The summed E-state index contributed by atoms with van der Waals surface area (Å²) in [6.07, 6.45) is 0. The maximum absolute atomic E-state index is 8.64. The minimum absolute atomic E-state index is 0.347. The van der Waals surface area contributed by atoms with E-state index in [1.54, 1.807) is 6.07 Å². The van der Waals surface area contributed by atoms with Gasteiger partial charge in [0, 0.05) is 9.26 Å². The highest BCUT2D eigenvalue weighted by atomic mass is 127. The van der Waals surface area contributed by atoms with Crippen LogP contribution < -0.4 is 5.32 Å². The average molecular weight is 338 g/mol. The van der Waals surface area contributed by atoms with Gasteiger partial charge in [-0.2, -0.15) is 5.26 Å². The number of hydrogen-bond acceptors (Lipinski definition) is 3. The second kappa shape index (κ2) is 5.23. The van der Waals surface area contributed by atoms with Crippen molar-refractivity contribution in [3.63, 3.8) is 0 Å². The second-order valence-electron chi connectivity index (χ2n) is 3.70.